The first-order valence-corrected chi connectivity index (χ1v) is 49.5. The molecular weight excluding hydrogens is 1860 g/mol. The van der Waals surface area contributed by atoms with Crippen LogP contribution in [0, 0.1) is 0 Å². The monoisotopic (exact) mass is 1950 g/mol. The number of rotatable bonds is 14. The van der Waals surface area contributed by atoms with Crippen molar-refractivity contribution in [1.82, 2.24) is 59.8 Å². The molecule has 0 amide bonds. The Balaban J connectivity index is 0.000000126. The lowest BCUT2D eigenvalue weighted by Crippen LogP contribution is -2.43. The summed E-state index contributed by atoms with van der Waals surface area (Å²) in [6.07, 6.45) is 0. The van der Waals surface area contributed by atoms with Gasteiger partial charge in [-0.25, -0.2) is 59.8 Å². The average molecular weight is 1950 g/mol. The number of aromatic nitrogens is 12. The van der Waals surface area contributed by atoms with Gasteiger partial charge in [0, 0.05) is 93.5 Å². The molecule has 3 aliphatic heterocycles. The highest BCUT2D eigenvalue weighted by molar-refractivity contribution is 9.10. The lowest BCUT2D eigenvalue weighted by Gasteiger charge is -2.40. The van der Waals surface area contributed by atoms with Crippen LogP contribution in [0.2, 0.25) is 0 Å². The molecule has 27 rings (SSSR count). The summed E-state index contributed by atoms with van der Waals surface area (Å²) in [5, 5.41) is 0. The molecule has 4 aromatic heterocycles. The Morgan fingerprint density at radius 2 is 0.418 bits per heavy atom. The zero-order valence-electron chi connectivity index (χ0n) is 79.8. The van der Waals surface area contributed by atoms with Crippen LogP contribution in [0.1, 0.15) is 72.2 Å². The standard InChI is InChI=1S/C61H38N6O.C46H36BN3O3.C21H14BrN3/c1-5-20-39(21-6-1)55-62-56(40-22-7-2-8-23-40)65-59(64-55)44-29-17-28-43(38-44)45-30-18-31-46-53-47(60-66-57(41-24-9-3-10-25-41)63-58(67-60)42-26-11-4-12-27-42)32-19-35-50(53)61(54(45)46)48-33-13-15-36-51(48)68-52-37-16-14-34-49(52)61;1-44(2)45(3,4)53-47(52-44)36-26-16-21-31-39-32(43-49-41(29-17-7-5-8-18-29)48-42(50-43)30-19-9-6-10-20-30)22-15-25-35(39)46(40(31)36)33-23-11-13-27-37(33)51-38-28-14-12-24-34(38)46;22-18-13-7-12-17(14-18)21-24-19(15-8-3-1-4-9-15)23-20(25-21)16-10-5-2-6-11-16/h1-38H;5-28H,1-4H3;1-14H. The summed E-state index contributed by atoms with van der Waals surface area (Å²) in [5.41, 5.74) is 24.6. The molecule has 2 aliphatic carbocycles. The number of nitrogens with zero attached hydrogens (tertiary/aromatic N) is 12. The molecule has 0 unspecified atom stereocenters. The predicted molar refractivity (Wildman–Crippen MR) is 582 cm³/mol. The summed E-state index contributed by atoms with van der Waals surface area (Å²) in [7, 11) is -0.599. The van der Waals surface area contributed by atoms with E-state index in [4.69, 9.17) is 73.6 Å². The smallest absolute Gasteiger partial charge is 0.457 e. The van der Waals surface area contributed by atoms with Crippen molar-refractivity contribution in [3.63, 3.8) is 0 Å². The largest absolute Gasteiger partial charge is 0.495 e. The molecule has 7 heterocycles. The first-order chi connectivity index (χ1) is 71.8. The van der Waals surface area contributed by atoms with E-state index >= 15 is 0 Å². The molecule has 0 N–H and O–H groups in total. The van der Waals surface area contributed by atoms with Gasteiger partial charge in [-0.05, 0) is 131 Å². The Morgan fingerprint density at radius 1 is 0.192 bits per heavy atom. The topological polar surface area (TPSA) is 192 Å². The fourth-order valence-corrected chi connectivity index (χ4v) is 21.4. The van der Waals surface area contributed by atoms with Gasteiger partial charge in [-0.1, -0.05) is 435 Å². The second-order valence-corrected chi connectivity index (χ2v) is 38.4. The van der Waals surface area contributed by atoms with E-state index in [-0.39, 0.29) is 0 Å². The highest BCUT2D eigenvalue weighted by Gasteiger charge is 2.59. The van der Waals surface area contributed by atoms with Crippen LogP contribution in [0.25, 0.3) is 170 Å². The molecule has 2 spiro atoms. The highest BCUT2D eigenvalue weighted by Crippen LogP contribution is 2.67. The van der Waals surface area contributed by atoms with Gasteiger partial charge in [0.2, 0.25) is 0 Å². The van der Waals surface area contributed by atoms with Crippen LogP contribution in [0.15, 0.2) is 466 Å². The first-order valence-electron chi connectivity index (χ1n) is 48.8. The van der Waals surface area contributed by atoms with Crippen LogP contribution in [0.5, 0.6) is 23.0 Å². The van der Waals surface area contributed by atoms with Crippen molar-refractivity contribution in [2.45, 2.75) is 49.7 Å². The number of ether oxygens (including phenoxy) is 2. The van der Waals surface area contributed by atoms with Crippen molar-refractivity contribution in [3.05, 3.63) is 510 Å². The third-order valence-electron chi connectivity index (χ3n) is 28.3. The lowest BCUT2D eigenvalue weighted by atomic mass is 9.61. The minimum atomic E-state index is -0.801. The molecule has 16 nitrogen and oxygen atoms in total. The van der Waals surface area contributed by atoms with Gasteiger partial charge in [0.05, 0.1) is 22.0 Å². The summed E-state index contributed by atoms with van der Waals surface area (Å²) in [6, 6.07) is 157. The molecule has 146 heavy (non-hydrogen) atoms. The molecule has 22 aromatic rings. The van der Waals surface area contributed by atoms with Crippen LogP contribution < -0.4 is 14.9 Å². The molecule has 1 fully saturated rings. The second-order valence-electron chi connectivity index (χ2n) is 37.5. The molecule has 0 radical (unpaired) electrons. The van der Waals surface area contributed by atoms with E-state index in [9.17, 15) is 0 Å². The number of para-hydroxylation sites is 4. The van der Waals surface area contributed by atoms with Crippen LogP contribution in [0.3, 0.4) is 0 Å². The molecule has 694 valence electrons. The molecular formula is C128H88BBrN12O4. The first kappa shape index (κ1) is 89.4. The summed E-state index contributed by atoms with van der Waals surface area (Å²) >= 11 is 3.52. The lowest BCUT2D eigenvalue weighted by molar-refractivity contribution is 0.00578. The van der Waals surface area contributed by atoms with E-state index in [0.29, 0.717) is 69.9 Å². The van der Waals surface area contributed by atoms with Crippen LogP contribution >= 0.6 is 15.9 Å². The fraction of sp³-hybridized carbons (Fsp3) is 0.0625. The quantitative estimate of drug-likeness (QED) is 0.0933. The van der Waals surface area contributed by atoms with Crippen LogP contribution in [-0.2, 0) is 20.1 Å². The maximum absolute atomic E-state index is 6.84. The van der Waals surface area contributed by atoms with Crippen LogP contribution in [-0.4, -0.2) is 78.1 Å². The molecule has 0 saturated carbocycles. The van der Waals surface area contributed by atoms with E-state index in [1.54, 1.807) is 0 Å². The van der Waals surface area contributed by atoms with Crippen LogP contribution in [0.4, 0.5) is 0 Å². The van der Waals surface area contributed by atoms with Gasteiger partial charge in [0.25, 0.3) is 0 Å². The van der Waals surface area contributed by atoms with E-state index in [2.05, 4.69) is 218 Å². The van der Waals surface area contributed by atoms with E-state index in [1.807, 2.05) is 291 Å². The molecule has 18 aromatic carbocycles. The Labute approximate surface area is 853 Å². The Kier molecular flexibility index (Phi) is 22.8. The van der Waals surface area contributed by atoms with Crippen molar-refractivity contribution in [2.75, 3.05) is 0 Å². The van der Waals surface area contributed by atoms with Gasteiger partial charge in [-0.15, -0.1) is 0 Å². The maximum Gasteiger partial charge on any atom is 0.495 e. The highest BCUT2D eigenvalue weighted by atomic mass is 79.9. The van der Waals surface area contributed by atoms with Gasteiger partial charge >= 0.3 is 7.12 Å². The predicted octanol–water partition coefficient (Wildman–Crippen LogP) is 29.5. The Hall–Kier alpha value is -17.9. The van der Waals surface area contributed by atoms with Crippen molar-refractivity contribution in [1.29, 1.82) is 0 Å². The minimum absolute atomic E-state index is 0.526. The van der Waals surface area contributed by atoms with Gasteiger partial charge in [0.15, 0.2) is 69.9 Å². The van der Waals surface area contributed by atoms with E-state index in [0.717, 1.165) is 178 Å². The number of hydrogen-bond acceptors (Lipinski definition) is 16. The number of halogens is 1. The molecule has 0 bridgehead atoms. The third kappa shape index (κ3) is 15.8. The van der Waals surface area contributed by atoms with E-state index in [1.165, 1.54) is 0 Å². The number of benzene rings is 18. The van der Waals surface area contributed by atoms with Gasteiger partial charge < -0.3 is 18.8 Å². The summed E-state index contributed by atoms with van der Waals surface area (Å²) < 4.78 is 28.2. The summed E-state index contributed by atoms with van der Waals surface area (Å²) in [4.78, 5) is 60.4. The molecule has 18 heteroatoms. The Bertz CT molecular complexity index is 8450. The van der Waals surface area contributed by atoms with Crippen molar-refractivity contribution in [2.24, 2.45) is 0 Å². The van der Waals surface area contributed by atoms with Gasteiger partial charge in [-0.2, -0.15) is 0 Å². The van der Waals surface area contributed by atoms with Crippen molar-refractivity contribution < 1.29 is 18.8 Å². The number of hydrogen-bond donors (Lipinski definition) is 0. The van der Waals surface area contributed by atoms with Gasteiger partial charge in [-0.3, -0.25) is 0 Å². The molecule has 1 saturated heterocycles. The Morgan fingerprint density at radius 3 is 0.747 bits per heavy atom. The zero-order valence-corrected chi connectivity index (χ0v) is 81.4. The summed E-state index contributed by atoms with van der Waals surface area (Å²) in [5.74, 6) is 10.7. The number of fused-ring (bicyclic) bond motifs is 18. The average Bonchev–Trinajstić information content (AvgIpc) is 1.51. The zero-order chi connectivity index (χ0) is 98.0. The summed E-state index contributed by atoms with van der Waals surface area (Å²) in [6.45, 7) is 8.42. The van der Waals surface area contributed by atoms with Crippen molar-refractivity contribution in [3.8, 4) is 193 Å². The van der Waals surface area contributed by atoms with Crippen molar-refractivity contribution >= 4 is 28.5 Å². The van der Waals surface area contributed by atoms with Gasteiger partial charge in [0.1, 0.15) is 23.0 Å². The maximum atomic E-state index is 6.84. The second kappa shape index (κ2) is 37.2. The minimum Gasteiger partial charge on any atom is -0.457 e. The fourth-order valence-electron chi connectivity index (χ4n) is 21.0. The third-order valence-corrected chi connectivity index (χ3v) is 28.8. The normalized spacial score (nSPS) is 13.8. The van der Waals surface area contributed by atoms with E-state index < -0.39 is 29.2 Å². The SMILES string of the molecule is Brc1cccc(-c2nc(-c3ccccc3)nc(-c3ccccc3)n2)c1.CC1(C)OB(c2cccc3c2C2(c4ccccc4Oc4ccccc42)c2cccc(-c4nc(-c5ccccc5)nc(-c5ccccc5)n4)c2-3)OC1(C)C.c1ccc(-c2nc(-c3ccccc3)nc(-c3cccc(-c4cccc5c4C4(c6ccccc6Oc6ccccc64)c4cccc(-c6nc(-c7ccccc7)nc(-c7ccccc7)n6)c4-5)c3)n2)cc1. The molecule has 0 atom stereocenters. The molecule has 5 aliphatic rings.